The quantitative estimate of drug-likeness (QED) is 0.298. The summed E-state index contributed by atoms with van der Waals surface area (Å²) in [5, 5.41) is -5.98. The molecule has 0 amide bonds. The van der Waals surface area contributed by atoms with Crippen LogP contribution in [-0.2, 0) is 24.4 Å². The lowest BCUT2D eigenvalue weighted by Gasteiger charge is -2.28. The maximum atomic E-state index is 13.1. The van der Waals surface area contributed by atoms with E-state index in [9.17, 15) is 35.3 Å². The van der Waals surface area contributed by atoms with Crippen LogP contribution in [0.2, 0.25) is 0 Å². The van der Waals surface area contributed by atoms with Crippen molar-refractivity contribution in [2.75, 3.05) is 6.61 Å². The van der Waals surface area contributed by atoms with E-state index in [2.05, 4.69) is 11.3 Å². The molecule has 0 aromatic rings. The molecule has 6 nitrogen and oxygen atoms in total. The Bertz CT molecular complexity index is 580. The van der Waals surface area contributed by atoms with Crippen LogP contribution in [0.4, 0.5) is 17.6 Å². The first-order chi connectivity index (χ1) is 10.2. The van der Waals surface area contributed by atoms with E-state index in [4.69, 9.17) is 4.74 Å². The van der Waals surface area contributed by atoms with Crippen molar-refractivity contribution >= 4 is 16.1 Å². The molecule has 11 heteroatoms. The smallest absolute Gasteiger partial charge is 0.434 e. The highest BCUT2D eigenvalue weighted by atomic mass is 32.2. The highest BCUT2D eigenvalue weighted by Crippen LogP contribution is 2.39. The monoisotopic (exact) mass is 363 g/mol. The molecule has 0 aliphatic heterocycles. The first kappa shape index (κ1) is 19.8. The maximum Gasteiger partial charge on any atom is 0.434 e. The van der Waals surface area contributed by atoms with Crippen LogP contribution in [0, 0.1) is 0 Å². The van der Waals surface area contributed by atoms with E-state index in [1.807, 2.05) is 0 Å². The fourth-order valence-corrected chi connectivity index (χ4v) is 2.34. The molecule has 1 aliphatic carbocycles. The fourth-order valence-electron chi connectivity index (χ4n) is 1.99. The molecular formula is C12H15F4O6S-. The van der Waals surface area contributed by atoms with Gasteiger partial charge < -0.3 is 14.0 Å². The van der Waals surface area contributed by atoms with Crippen molar-refractivity contribution in [1.82, 2.24) is 0 Å². The lowest BCUT2D eigenvalue weighted by Crippen LogP contribution is -2.49. The standard InChI is InChI=1S/C12H16F4O6S/c1-8(9(17)22-10(2)5-3-4-6-10)7-21-11(13,14)12(15,16)23(18,19)20/h1,3-7H2,2H3,(H,18,19,20)/p-1. The molecule has 134 valence electrons. The van der Waals surface area contributed by atoms with Gasteiger partial charge in [0.1, 0.15) is 5.60 Å². The van der Waals surface area contributed by atoms with Gasteiger partial charge in [-0.05, 0) is 32.6 Å². The number of rotatable bonds is 7. The van der Waals surface area contributed by atoms with Crippen molar-refractivity contribution in [2.45, 2.75) is 49.6 Å². The Morgan fingerprint density at radius 2 is 1.74 bits per heavy atom. The van der Waals surface area contributed by atoms with Crippen molar-refractivity contribution in [3.63, 3.8) is 0 Å². The zero-order valence-electron chi connectivity index (χ0n) is 12.1. The molecule has 0 aromatic heterocycles. The predicted molar refractivity (Wildman–Crippen MR) is 67.6 cm³/mol. The molecular weight excluding hydrogens is 348 g/mol. The van der Waals surface area contributed by atoms with Gasteiger partial charge in [0, 0.05) is 0 Å². The average Bonchev–Trinajstić information content (AvgIpc) is 2.80. The van der Waals surface area contributed by atoms with Gasteiger partial charge in [-0.3, -0.25) is 0 Å². The number of carbonyl (C=O) groups excluding carboxylic acids is 1. The molecule has 0 unspecified atom stereocenters. The largest absolute Gasteiger partial charge is 0.743 e. The summed E-state index contributed by atoms with van der Waals surface area (Å²) in [4.78, 5) is 11.7. The van der Waals surface area contributed by atoms with Gasteiger partial charge in [0.25, 0.3) is 0 Å². The second kappa shape index (κ2) is 6.36. The van der Waals surface area contributed by atoms with E-state index >= 15 is 0 Å². The van der Waals surface area contributed by atoms with Crippen LogP contribution in [0.25, 0.3) is 0 Å². The van der Waals surface area contributed by atoms with Gasteiger partial charge in [0.2, 0.25) is 0 Å². The minimum Gasteiger partial charge on any atom is -0.743 e. The van der Waals surface area contributed by atoms with Gasteiger partial charge in [-0.2, -0.15) is 17.6 Å². The van der Waals surface area contributed by atoms with E-state index in [-0.39, 0.29) is 0 Å². The third-order valence-corrected chi connectivity index (χ3v) is 4.24. The number of esters is 1. The fraction of sp³-hybridized carbons (Fsp3) is 0.750. The summed E-state index contributed by atoms with van der Waals surface area (Å²) < 4.78 is 90.8. The van der Waals surface area contributed by atoms with Crippen molar-refractivity contribution < 1.29 is 44.8 Å². The minimum absolute atomic E-state index is 0.551. The molecule has 0 heterocycles. The van der Waals surface area contributed by atoms with E-state index in [1.165, 1.54) is 0 Å². The van der Waals surface area contributed by atoms with Crippen LogP contribution < -0.4 is 0 Å². The Kier molecular flexibility index (Phi) is 5.49. The summed E-state index contributed by atoms with van der Waals surface area (Å²) in [6, 6.07) is 0. The average molecular weight is 363 g/mol. The first-order valence-electron chi connectivity index (χ1n) is 6.48. The molecule has 1 saturated carbocycles. The molecule has 0 aromatic carbocycles. The van der Waals surface area contributed by atoms with Crippen molar-refractivity contribution in [1.29, 1.82) is 0 Å². The van der Waals surface area contributed by atoms with Gasteiger partial charge >= 0.3 is 17.3 Å². The third kappa shape index (κ3) is 4.42. The Morgan fingerprint density at radius 3 is 2.17 bits per heavy atom. The molecule has 0 saturated heterocycles. The molecule has 0 N–H and O–H groups in total. The van der Waals surface area contributed by atoms with Crippen LogP contribution in [0.3, 0.4) is 0 Å². The zero-order valence-corrected chi connectivity index (χ0v) is 12.9. The van der Waals surface area contributed by atoms with Gasteiger partial charge in [-0.1, -0.05) is 6.58 Å². The first-order valence-corrected chi connectivity index (χ1v) is 7.89. The summed E-state index contributed by atoms with van der Waals surface area (Å²) in [5.41, 5.74) is -1.51. The van der Waals surface area contributed by atoms with E-state index in [1.54, 1.807) is 6.92 Å². The van der Waals surface area contributed by atoms with Crippen LogP contribution in [0.15, 0.2) is 12.2 Å². The Hall–Kier alpha value is -1.20. The topological polar surface area (TPSA) is 92.7 Å². The number of hydrogen-bond donors (Lipinski definition) is 0. The van der Waals surface area contributed by atoms with Crippen molar-refractivity contribution in [3.05, 3.63) is 12.2 Å². The molecule has 23 heavy (non-hydrogen) atoms. The number of halogens is 4. The minimum atomic E-state index is -6.66. The molecule has 1 aliphatic rings. The Morgan fingerprint density at radius 1 is 1.26 bits per heavy atom. The molecule has 0 atom stereocenters. The van der Waals surface area contributed by atoms with E-state index in [0.29, 0.717) is 12.8 Å². The summed E-state index contributed by atoms with van der Waals surface area (Å²) in [7, 11) is -6.66. The summed E-state index contributed by atoms with van der Waals surface area (Å²) >= 11 is 0. The highest BCUT2D eigenvalue weighted by Gasteiger charge is 2.63. The lowest BCUT2D eigenvalue weighted by atomic mass is 10.1. The van der Waals surface area contributed by atoms with Gasteiger partial charge in [-0.15, -0.1) is 0 Å². The second-order valence-electron chi connectivity index (χ2n) is 5.43. The molecule has 0 spiro atoms. The molecule has 1 fully saturated rings. The van der Waals surface area contributed by atoms with Gasteiger partial charge in [0.15, 0.2) is 10.1 Å². The zero-order chi connectivity index (χ0) is 18.1. The maximum absolute atomic E-state index is 13.1. The van der Waals surface area contributed by atoms with Crippen molar-refractivity contribution in [2.24, 2.45) is 0 Å². The van der Waals surface area contributed by atoms with Crippen LogP contribution in [0.1, 0.15) is 32.6 Å². The van der Waals surface area contributed by atoms with Crippen LogP contribution in [-0.4, -0.2) is 42.5 Å². The molecule has 1 rings (SSSR count). The number of carbonyl (C=O) groups is 1. The van der Waals surface area contributed by atoms with E-state index in [0.717, 1.165) is 12.8 Å². The Balaban J connectivity index is 2.66. The van der Waals surface area contributed by atoms with Crippen LogP contribution >= 0.6 is 0 Å². The number of alkyl halides is 4. The Labute approximate surface area is 130 Å². The van der Waals surface area contributed by atoms with Crippen molar-refractivity contribution in [3.8, 4) is 0 Å². The number of hydrogen-bond acceptors (Lipinski definition) is 6. The third-order valence-electron chi connectivity index (χ3n) is 3.37. The van der Waals surface area contributed by atoms with Crippen LogP contribution in [0.5, 0.6) is 0 Å². The molecule has 0 radical (unpaired) electrons. The summed E-state index contributed by atoms with van der Waals surface area (Å²) in [6.45, 7) is 3.27. The van der Waals surface area contributed by atoms with E-state index < -0.39 is 45.2 Å². The van der Waals surface area contributed by atoms with Gasteiger partial charge in [0.05, 0.1) is 12.2 Å². The highest BCUT2D eigenvalue weighted by molar-refractivity contribution is 7.86. The lowest BCUT2D eigenvalue weighted by molar-refractivity contribution is -0.314. The number of ether oxygens (including phenoxy) is 2. The SMILES string of the molecule is C=C(COC(F)(F)C(F)(F)S(=O)(=O)[O-])C(=O)OC1(C)CCCC1. The second-order valence-corrected chi connectivity index (χ2v) is 6.85. The summed E-state index contributed by atoms with van der Waals surface area (Å²) in [6.07, 6.45) is -2.91. The molecule has 0 bridgehead atoms. The normalized spacial score (nSPS) is 18.7. The van der Waals surface area contributed by atoms with Gasteiger partial charge in [-0.25, -0.2) is 13.2 Å². The summed E-state index contributed by atoms with van der Waals surface area (Å²) in [5.74, 6) is -1.13. The predicted octanol–water partition coefficient (Wildman–Crippen LogP) is 2.17.